The SMILES string of the molecule is COc1ccc2c(c1)CCNC2Cc1nnn(C)n1. The second kappa shape index (κ2) is 4.97. The van der Waals surface area contributed by atoms with E-state index in [1.807, 2.05) is 6.07 Å². The number of nitrogens with zero attached hydrogens (tertiary/aromatic N) is 4. The third-order valence-electron chi connectivity index (χ3n) is 3.45. The summed E-state index contributed by atoms with van der Waals surface area (Å²) in [5.41, 5.74) is 2.64. The van der Waals surface area contributed by atoms with Crippen molar-refractivity contribution in [3.05, 3.63) is 35.2 Å². The van der Waals surface area contributed by atoms with E-state index in [4.69, 9.17) is 4.74 Å². The van der Waals surface area contributed by atoms with Crippen LogP contribution in [-0.2, 0) is 19.9 Å². The van der Waals surface area contributed by atoms with E-state index >= 15 is 0 Å². The highest BCUT2D eigenvalue weighted by Crippen LogP contribution is 2.28. The summed E-state index contributed by atoms with van der Waals surface area (Å²) in [6.45, 7) is 0.963. The van der Waals surface area contributed by atoms with E-state index in [1.165, 1.54) is 15.9 Å². The second-order valence-electron chi connectivity index (χ2n) is 4.72. The van der Waals surface area contributed by atoms with Crippen LogP contribution in [0.15, 0.2) is 18.2 Å². The Morgan fingerprint density at radius 1 is 1.47 bits per heavy atom. The molecule has 1 N–H and O–H groups in total. The lowest BCUT2D eigenvalue weighted by Gasteiger charge is -2.26. The zero-order valence-electron chi connectivity index (χ0n) is 11.1. The van der Waals surface area contributed by atoms with Gasteiger partial charge in [0.15, 0.2) is 5.82 Å². The molecule has 2 aromatic rings. The van der Waals surface area contributed by atoms with Gasteiger partial charge in [-0.1, -0.05) is 6.07 Å². The van der Waals surface area contributed by atoms with Crippen molar-refractivity contribution in [2.45, 2.75) is 18.9 Å². The summed E-state index contributed by atoms with van der Waals surface area (Å²) in [5.74, 6) is 1.68. The summed E-state index contributed by atoms with van der Waals surface area (Å²) in [6.07, 6.45) is 1.78. The van der Waals surface area contributed by atoms with Crippen molar-refractivity contribution >= 4 is 0 Å². The number of nitrogens with one attached hydrogen (secondary N) is 1. The average molecular weight is 259 g/mol. The lowest BCUT2D eigenvalue weighted by Crippen LogP contribution is -2.31. The normalized spacial score (nSPS) is 18.1. The first-order chi connectivity index (χ1) is 9.26. The maximum absolute atomic E-state index is 5.28. The lowest BCUT2D eigenvalue weighted by molar-refractivity contribution is 0.412. The Hall–Kier alpha value is -1.95. The van der Waals surface area contributed by atoms with Crippen molar-refractivity contribution < 1.29 is 4.74 Å². The molecule has 0 amide bonds. The molecule has 1 aromatic carbocycles. The highest BCUT2D eigenvalue weighted by molar-refractivity contribution is 5.39. The molecular weight excluding hydrogens is 242 g/mol. The molecule has 6 nitrogen and oxygen atoms in total. The maximum atomic E-state index is 5.28. The van der Waals surface area contributed by atoms with Crippen LogP contribution in [-0.4, -0.2) is 33.9 Å². The molecule has 19 heavy (non-hydrogen) atoms. The number of methoxy groups -OCH3 is 1. The summed E-state index contributed by atoms with van der Waals surface area (Å²) >= 11 is 0. The van der Waals surface area contributed by atoms with E-state index in [0.717, 1.165) is 31.0 Å². The monoisotopic (exact) mass is 259 g/mol. The Morgan fingerprint density at radius 2 is 2.37 bits per heavy atom. The minimum atomic E-state index is 0.249. The number of hydrogen-bond donors (Lipinski definition) is 1. The Morgan fingerprint density at radius 3 is 3.11 bits per heavy atom. The van der Waals surface area contributed by atoms with Gasteiger partial charge in [-0.25, -0.2) is 0 Å². The van der Waals surface area contributed by atoms with Gasteiger partial charge in [-0.15, -0.1) is 10.2 Å². The largest absolute Gasteiger partial charge is 0.497 e. The van der Waals surface area contributed by atoms with E-state index in [9.17, 15) is 0 Å². The molecule has 0 bridgehead atoms. The first-order valence-electron chi connectivity index (χ1n) is 6.39. The quantitative estimate of drug-likeness (QED) is 0.876. The zero-order valence-corrected chi connectivity index (χ0v) is 11.1. The lowest BCUT2D eigenvalue weighted by atomic mass is 9.92. The predicted molar refractivity (Wildman–Crippen MR) is 69.9 cm³/mol. The van der Waals surface area contributed by atoms with Gasteiger partial charge in [0.1, 0.15) is 5.75 Å². The fourth-order valence-electron chi connectivity index (χ4n) is 2.53. The predicted octanol–water partition coefficient (Wildman–Crippen LogP) is 0.648. The molecule has 1 aromatic heterocycles. The van der Waals surface area contributed by atoms with Crippen LogP contribution in [0.3, 0.4) is 0 Å². The topological polar surface area (TPSA) is 64.9 Å². The molecule has 1 atom stereocenters. The standard InChI is InChI=1S/C13H17N5O/c1-18-16-13(15-17-18)8-12-11-4-3-10(19-2)7-9(11)5-6-14-12/h3-4,7,12,14H,5-6,8H2,1-2H3. The van der Waals surface area contributed by atoms with Crippen LogP contribution in [0.5, 0.6) is 5.75 Å². The molecule has 0 fully saturated rings. The van der Waals surface area contributed by atoms with Gasteiger partial charge in [0.25, 0.3) is 0 Å². The van der Waals surface area contributed by atoms with Gasteiger partial charge in [0.2, 0.25) is 0 Å². The zero-order chi connectivity index (χ0) is 13.2. The molecule has 1 unspecified atom stereocenters. The van der Waals surface area contributed by atoms with Crippen LogP contribution >= 0.6 is 0 Å². The molecule has 0 spiro atoms. The Kier molecular flexibility index (Phi) is 3.16. The van der Waals surface area contributed by atoms with E-state index < -0.39 is 0 Å². The molecule has 1 aliphatic heterocycles. The van der Waals surface area contributed by atoms with E-state index in [0.29, 0.717) is 0 Å². The van der Waals surface area contributed by atoms with Crippen molar-refractivity contribution in [3.8, 4) is 5.75 Å². The summed E-state index contributed by atoms with van der Waals surface area (Å²) in [4.78, 5) is 1.49. The number of tetrazole rings is 1. The smallest absolute Gasteiger partial charge is 0.176 e. The highest BCUT2D eigenvalue weighted by atomic mass is 16.5. The number of rotatable bonds is 3. The third kappa shape index (κ3) is 2.44. The summed E-state index contributed by atoms with van der Waals surface area (Å²) < 4.78 is 5.28. The molecule has 100 valence electrons. The van der Waals surface area contributed by atoms with Gasteiger partial charge < -0.3 is 10.1 Å². The van der Waals surface area contributed by atoms with Gasteiger partial charge >= 0.3 is 0 Å². The number of benzene rings is 1. The highest BCUT2D eigenvalue weighted by Gasteiger charge is 2.21. The van der Waals surface area contributed by atoms with Crippen LogP contribution < -0.4 is 10.1 Å². The van der Waals surface area contributed by atoms with Crippen LogP contribution in [0.25, 0.3) is 0 Å². The third-order valence-corrected chi connectivity index (χ3v) is 3.45. The molecule has 1 aliphatic rings. The van der Waals surface area contributed by atoms with Crippen LogP contribution in [0.4, 0.5) is 0 Å². The number of fused-ring (bicyclic) bond motifs is 1. The van der Waals surface area contributed by atoms with Crippen molar-refractivity contribution in [1.82, 2.24) is 25.5 Å². The summed E-state index contributed by atoms with van der Waals surface area (Å²) in [6, 6.07) is 6.50. The Bertz CT molecular complexity index is 580. The fraction of sp³-hybridized carbons (Fsp3) is 0.462. The fourth-order valence-corrected chi connectivity index (χ4v) is 2.53. The van der Waals surface area contributed by atoms with Crippen LogP contribution in [0.2, 0.25) is 0 Å². The molecule has 3 rings (SSSR count). The van der Waals surface area contributed by atoms with E-state index in [2.05, 4.69) is 32.9 Å². The van der Waals surface area contributed by atoms with Crippen LogP contribution in [0.1, 0.15) is 23.0 Å². The Labute approximate surface area is 111 Å². The number of aryl methyl sites for hydroxylation is 1. The average Bonchev–Trinajstić information content (AvgIpc) is 2.84. The number of hydrogen-bond acceptors (Lipinski definition) is 5. The molecule has 0 saturated carbocycles. The van der Waals surface area contributed by atoms with Gasteiger partial charge in [-0.3, -0.25) is 0 Å². The van der Waals surface area contributed by atoms with Gasteiger partial charge in [-0.2, -0.15) is 4.80 Å². The molecule has 2 heterocycles. The van der Waals surface area contributed by atoms with Gasteiger partial charge in [-0.05, 0) is 41.4 Å². The van der Waals surface area contributed by atoms with Gasteiger partial charge in [0, 0.05) is 12.5 Å². The molecule has 6 heteroatoms. The minimum absolute atomic E-state index is 0.249. The molecule has 0 radical (unpaired) electrons. The number of ether oxygens (including phenoxy) is 1. The number of aromatic nitrogens is 4. The van der Waals surface area contributed by atoms with Crippen molar-refractivity contribution in [1.29, 1.82) is 0 Å². The van der Waals surface area contributed by atoms with Crippen LogP contribution in [0, 0.1) is 0 Å². The first-order valence-corrected chi connectivity index (χ1v) is 6.39. The second-order valence-corrected chi connectivity index (χ2v) is 4.72. The van der Waals surface area contributed by atoms with Crippen molar-refractivity contribution in [2.24, 2.45) is 7.05 Å². The first kappa shape index (κ1) is 12.1. The molecule has 0 saturated heterocycles. The van der Waals surface area contributed by atoms with E-state index in [1.54, 1.807) is 14.2 Å². The van der Waals surface area contributed by atoms with E-state index in [-0.39, 0.29) is 6.04 Å². The maximum Gasteiger partial charge on any atom is 0.176 e. The molecular formula is C13H17N5O. The Balaban J connectivity index is 1.85. The van der Waals surface area contributed by atoms with Crippen molar-refractivity contribution in [2.75, 3.05) is 13.7 Å². The summed E-state index contributed by atoms with van der Waals surface area (Å²) in [5, 5.41) is 15.7. The molecule has 0 aliphatic carbocycles. The van der Waals surface area contributed by atoms with Gasteiger partial charge in [0.05, 0.1) is 14.2 Å². The minimum Gasteiger partial charge on any atom is -0.497 e. The summed E-state index contributed by atoms with van der Waals surface area (Å²) in [7, 11) is 3.48. The van der Waals surface area contributed by atoms with Crippen molar-refractivity contribution in [3.63, 3.8) is 0 Å².